The molecule has 2 aromatic rings. The standard InChI is InChI=1S/C25H26N2O5/c28-23(27-22-12-5-11-20(22)24(29)30)13-6-14-26-25(31)32-15-21-18-9-3-1-7-16(18)17-8-2-4-10-19(17)21/h1-4,6-10,13,20-22H,5,11-12,14-15H2,(H,26,31)(H,27,28)(H,29,30)/b13-6+. The van der Waals surface area contributed by atoms with Crippen molar-refractivity contribution >= 4 is 18.0 Å². The molecule has 0 radical (unpaired) electrons. The van der Waals surface area contributed by atoms with Gasteiger partial charge in [-0.25, -0.2) is 4.79 Å². The summed E-state index contributed by atoms with van der Waals surface area (Å²) in [5.74, 6) is -1.79. The minimum Gasteiger partial charge on any atom is -0.481 e. The average Bonchev–Trinajstić information content (AvgIpc) is 3.38. The van der Waals surface area contributed by atoms with Crippen LogP contribution in [-0.4, -0.2) is 42.3 Å². The van der Waals surface area contributed by atoms with Gasteiger partial charge in [-0.05, 0) is 35.1 Å². The minimum atomic E-state index is -0.881. The predicted octanol–water partition coefficient (Wildman–Crippen LogP) is 3.45. The Morgan fingerprint density at radius 3 is 2.31 bits per heavy atom. The van der Waals surface area contributed by atoms with E-state index < -0.39 is 18.0 Å². The molecule has 0 spiro atoms. The van der Waals surface area contributed by atoms with E-state index in [1.54, 1.807) is 0 Å². The zero-order valence-electron chi connectivity index (χ0n) is 17.6. The van der Waals surface area contributed by atoms with E-state index in [0.717, 1.165) is 17.5 Å². The zero-order chi connectivity index (χ0) is 22.5. The summed E-state index contributed by atoms with van der Waals surface area (Å²) in [6, 6.07) is 15.9. The van der Waals surface area contributed by atoms with Gasteiger partial charge in [0.2, 0.25) is 5.91 Å². The van der Waals surface area contributed by atoms with Gasteiger partial charge in [-0.2, -0.15) is 0 Å². The molecule has 1 saturated carbocycles. The van der Waals surface area contributed by atoms with E-state index in [1.165, 1.54) is 23.3 Å². The SMILES string of the molecule is O=C(/C=C/CNC(=O)OCC1c2ccccc2-c2ccccc21)NC1CCCC1C(=O)O. The molecule has 2 aliphatic rings. The largest absolute Gasteiger partial charge is 0.481 e. The van der Waals surface area contributed by atoms with Gasteiger partial charge in [0.1, 0.15) is 6.61 Å². The third-order valence-electron chi connectivity index (χ3n) is 6.14. The van der Waals surface area contributed by atoms with E-state index >= 15 is 0 Å². The van der Waals surface area contributed by atoms with Gasteiger partial charge in [-0.1, -0.05) is 61.0 Å². The van der Waals surface area contributed by atoms with Gasteiger partial charge in [0, 0.05) is 24.6 Å². The maximum atomic E-state index is 12.1. The number of carboxylic acids is 1. The van der Waals surface area contributed by atoms with Crippen LogP contribution in [0.1, 0.15) is 36.3 Å². The predicted molar refractivity (Wildman–Crippen MR) is 119 cm³/mol. The Balaban J connectivity index is 1.24. The number of carboxylic acid groups (broad SMARTS) is 1. The lowest BCUT2D eigenvalue weighted by Crippen LogP contribution is -2.39. The number of hydrogen-bond acceptors (Lipinski definition) is 4. The highest BCUT2D eigenvalue weighted by atomic mass is 16.5. The second kappa shape index (κ2) is 9.68. The molecule has 32 heavy (non-hydrogen) atoms. The Kier molecular flexibility index (Phi) is 6.54. The first-order chi connectivity index (χ1) is 15.5. The minimum absolute atomic E-state index is 0.0111. The lowest BCUT2D eigenvalue weighted by molar-refractivity contribution is -0.142. The van der Waals surface area contributed by atoms with E-state index in [-0.39, 0.29) is 31.0 Å². The lowest BCUT2D eigenvalue weighted by Gasteiger charge is -2.16. The molecule has 7 nitrogen and oxygen atoms in total. The number of ether oxygens (including phenoxy) is 1. The summed E-state index contributed by atoms with van der Waals surface area (Å²) in [7, 11) is 0. The molecule has 2 aliphatic carbocycles. The molecule has 0 saturated heterocycles. The average molecular weight is 434 g/mol. The molecule has 2 aromatic carbocycles. The Morgan fingerprint density at radius 2 is 1.66 bits per heavy atom. The van der Waals surface area contributed by atoms with Crippen LogP contribution < -0.4 is 10.6 Å². The monoisotopic (exact) mass is 434 g/mol. The van der Waals surface area contributed by atoms with Crippen LogP contribution in [0.4, 0.5) is 4.79 Å². The number of amides is 2. The highest BCUT2D eigenvalue weighted by Gasteiger charge is 2.33. The second-order valence-corrected chi connectivity index (χ2v) is 8.10. The maximum absolute atomic E-state index is 12.1. The summed E-state index contributed by atoms with van der Waals surface area (Å²) in [6.07, 6.45) is 4.29. The zero-order valence-corrected chi connectivity index (χ0v) is 17.6. The van der Waals surface area contributed by atoms with Crippen molar-refractivity contribution in [2.24, 2.45) is 5.92 Å². The number of benzene rings is 2. The van der Waals surface area contributed by atoms with E-state index in [0.29, 0.717) is 12.8 Å². The molecule has 0 heterocycles. The third kappa shape index (κ3) is 4.66. The van der Waals surface area contributed by atoms with Gasteiger partial charge in [0.05, 0.1) is 5.92 Å². The fourth-order valence-electron chi connectivity index (χ4n) is 4.62. The van der Waals surface area contributed by atoms with E-state index in [2.05, 4.69) is 34.9 Å². The molecule has 0 bridgehead atoms. The summed E-state index contributed by atoms with van der Waals surface area (Å²) >= 11 is 0. The van der Waals surface area contributed by atoms with Crippen molar-refractivity contribution in [1.82, 2.24) is 10.6 Å². The Labute approximate surface area is 186 Å². The van der Waals surface area contributed by atoms with Crippen LogP contribution in [0.2, 0.25) is 0 Å². The number of hydrogen-bond donors (Lipinski definition) is 3. The highest BCUT2D eigenvalue weighted by Crippen LogP contribution is 2.44. The number of rotatable bonds is 7. The number of carbonyl (C=O) groups is 3. The Hall–Kier alpha value is -3.61. The molecule has 1 fully saturated rings. The highest BCUT2D eigenvalue weighted by molar-refractivity contribution is 5.88. The van der Waals surface area contributed by atoms with Gasteiger partial charge in [-0.15, -0.1) is 0 Å². The molecule has 2 unspecified atom stereocenters. The molecule has 2 amide bonds. The van der Waals surface area contributed by atoms with Crippen molar-refractivity contribution in [3.8, 4) is 11.1 Å². The van der Waals surface area contributed by atoms with Crippen LogP contribution >= 0.6 is 0 Å². The second-order valence-electron chi connectivity index (χ2n) is 8.10. The normalized spacial score (nSPS) is 19.4. The van der Waals surface area contributed by atoms with Crippen molar-refractivity contribution < 1.29 is 24.2 Å². The van der Waals surface area contributed by atoms with Crippen LogP contribution in [0.15, 0.2) is 60.7 Å². The van der Waals surface area contributed by atoms with E-state index in [9.17, 15) is 19.5 Å². The van der Waals surface area contributed by atoms with E-state index in [4.69, 9.17) is 4.74 Å². The first-order valence-electron chi connectivity index (χ1n) is 10.8. The Morgan fingerprint density at radius 1 is 1.00 bits per heavy atom. The topological polar surface area (TPSA) is 105 Å². The molecular weight excluding hydrogens is 408 g/mol. The number of fused-ring (bicyclic) bond motifs is 3. The molecule has 166 valence electrons. The van der Waals surface area contributed by atoms with Crippen LogP contribution in [-0.2, 0) is 14.3 Å². The summed E-state index contributed by atoms with van der Waals surface area (Å²) in [5.41, 5.74) is 4.62. The maximum Gasteiger partial charge on any atom is 0.407 e. The van der Waals surface area contributed by atoms with Gasteiger partial charge in [0.15, 0.2) is 0 Å². The van der Waals surface area contributed by atoms with Gasteiger partial charge < -0.3 is 20.5 Å². The number of aliphatic carboxylic acids is 1. The molecule has 7 heteroatoms. The molecule has 4 rings (SSSR count). The number of nitrogens with one attached hydrogen (secondary N) is 2. The number of carbonyl (C=O) groups excluding carboxylic acids is 2. The van der Waals surface area contributed by atoms with Gasteiger partial charge in [0.25, 0.3) is 0 Å². The Bertz CT molecular complexity index is 1000. The van der Waals surface area contributed by atoms with Crippen molar-refractivity contribution in [2.75, 3.05) is 13.2 Å². The van der Waals surface area contributed by atoms with Crippen molar-refractivity contribution in [3.05, 3.63) is 71.8 Å². The molecule has 2 atom stereocenters. The van der Waals surface area contributed by atoms with E-state index in [1.807, 2.05) is 24.3 Å². The third-order valence-corrected chi connectivity index (χ3v) is 6.14. The summed E-state index contributed by atoms with van der Waals surface area (Å²) < 4.78 is 5.44. The first-order valence-corrected chi connectivity index (χ1v) is 10.8. The van der Waals surface area contributed by atoms with Crippen molar-refractivity contribution in [1.29, 1.82) is 0 Å². The first kappa shape index (κ1) is 21.6. The van der Waals surface area contributed by atoms with Crippen LogP contribution in [0.25, 0.3) is 11.1 Å². The van der Waals surface area contributed by atoms with Crippen molar-refractivity contribution in [2.45, 2.75) is 31.2 Å². The van der Waals surface area contributed by atoms with Crippen LogP contribution in [0.3, 0.4) is 0 Å². The number of alkyl carbamates (subject to hydrolysis) is 1. The smallest absolute Gasteiger partial charge is 0.407 e. The lowest BCUT2D eigenvalue weighted by atomic mass is 9.98. The fraction of sp³-hybridized carbons (Fsp3) is 0.320. The fourth-order valence-corrected chi connectivity index (χ4v) is 4.62. The van der Waals surface area contributed by atoms with Crippen molar-refractivity contribution in [3.63, 3.8) is 0 Å². The van der Waals surface area contributed by atoms with Gasteiger partial charge in [-0.3, -0.25) is 9.59 Å². The van der Waals surface area contributed by atoms with Crippen LogP contribution in [0.5, 0.6) is 0 Å². The van der Waals surface area contributed by atoms with Gasteiger partial charge >= 0.3 is 12.1 Å². The molecule has 3 N–H and O–H groups in total. The summed E-state index contributed by atoms with van der Waals surface area (Å²) in [4.78, 5) is 35.3. The molecular formula is C25H26N2O5. The summed E-state index contributed by atoms with van der Waals surface area (Å²) in [5, 5.41) is 14.5. The molecule has 0 aliphatic heterocycles. The van der Waals surface area contributed by atoms with Crippen LogP contribution in [0, 0.1) is 5.92 Å². The molecule has 0 aromatic heterocycles. The quantitative estimate of drug-likeness (QED) is 0.579. The summed E-state index contributed by atoms with van der Waals surface area (Å²) in [6.45, 7) is 0.361.